The van der Waals surface area contributed by atoms with Crippen LogP contribution in [0, 0.1) is 6.92 Å². The van der Waals surface area contributed by atoms with Crippen LogP contribution < -0.4 is 5.32 Å². The second-order valence-electron chi connectivity index (χ2n) is 7.30. The summed E-state index contributed by atoms with van der Waals surface area (Å²) in [5, 5.41) is 3.14. The van der Waals surface area contributed by atoms with Crippen LogP contribution in [-0.2, 0) is 21.4 Å². The van der Waals surface area contributed by atoms with Crippen LogP contribution in [0.15, 0.2) is 65.2 Å². The molecule has 0 aliphatic carbocycles. The maximum Gasteiger partial charge on any atom is 0.242 e. The minimum atomic E-state index is -3.59. The minimum absolute atomic E-state index is 0.131. The predicted octanol–water partition coefficient (Wildman–Crippen LogP) is 3.90. The zero-order valence-electron chi connectivity index (χ0n) is 18.0. The zero-order chi connectivity index (χ0) is 22.8. The largest absolute Gasteiger partial charge is 0.325 e. The van der Waals surface area contributed by atoms with Gasteiger partial charge in [-0.2, -0.15) is 0 Å². The van der Waals surface area contributed by atoms with Crippen molar-refractivity contribution in [1.82, 2.24) is 13.9 Å². The lowest BCUT2D eigenvalue weighted by molar-refractivity contribution is -0.115. The SMILES string of the molecule is C=CCn1c(S[C@H](C)C(=O)Nc2cc(S(=O)(=O)N(C)C)ccc2C)nc2ccccc21. The van der Waals surface area contributed by atoms with Gasteiger partial charge in [0.1, 0.15) is 0 Å². The number of para-hydroxylation sites is 2. The maximum atomic E-state index is 12.9. The molecule has 1 atom stereocenters. The molecule has 0 radical (unpaired) electrons. The summed E-state index contributed by atoms with van der Waals surface area (Å²) in [4.78, 5) is 17.7. The van der Waals surface area contributed by atoms with Crippen LogP contribution in [0.25, 0.3) is 11.0 Å². The Morgan fingerprint density at radius 3 is 2.68 bits per heavy atom. The van der Waals surface area contributed by atoms with Crippen LogP contribution in [0.1, 0.15) is 12.5 Å². The number of nitrogens with zero attached hydrogens (tertiary/aromatic N) is 3. The third kappa shape index (κ3) is 4.84. The fourth-order valence-corrected chi connectivity index (χ4v) is 4.86. The van der Waals surface area contributed by atoms with E-state index in [-0.39, 0.29) is 10.8 Å². The average molecular weight is 459 g/mol. The number of aryl methyl sites for hydroxylation is 1. The van der Waals surface area contributed by atoms with Crippen LogP contribution in [0.3, 0.4) is 0 Å². The molecule has 0 aliphatic rings. The number of amides is 1. The number of carbonyl (C=O) groups is 1. The van der Waals surface area contributed by atoms with Gasteiger partial charge in [0.05, 0.1) is 21.2 Å². The molecule has 164 valence electrons. The summed E-state index contributed by atoms with van der Waals surface area (Å²) < 4.78 is 28.0. The number of nitrogens with one attached hydrogen (secondary N) is 1. The highest BCUT2D eigenvalue weighted by Crippen LogP contribution is 2.29. The molecule has 1 amide bonds. The highest BCUT2D eigenvalue weighted by molar-refractivity contribution is 8.00. The first-order valence-electron chi connectivity index (χ1n) is 9.72. The van der Waals surface area contributed by atoms with E-state index in [2.05, 4.69) is 16.9 Å². The summed E-state index contributed by atoms with van der Waals surface area (Å²) in [5.41, 5.74) is 3.09. The highest BCUT2D eigenvalue weighted by atomic mass is 32.2. The average Bonchev–Trinajstić information content (AvgIpc) is 3.06. The van der Waals surface area contributed by atoms with Gasteiger partial charge in [-0.15, -0.1) is 6.58 Å². The Hall–Kier alpha value is -2.62. The molecule has 0 spiro atoms. The lowest BCUT2D eigenvalue weighted by Crippen LogP contribution is -2.25. The first-order valence-corrected chi connectivity index (χ1v) is 12.0. The zero-order valence-corrected chi connectivity index (χ0v) is 19.6. The lowest BCUT2D eigenvalue weighted by Gasteiger charge is -2.16. The highest BCUT2D eigenvalue weighted by Gasteiger charge is 2.22. The van der Waals surface area contributed by atoms with Gasteiger partial charge in [-0.3, -0.25) is 4.79 Å². The standard InChI is InChI=1S/C22H26N4O3S2/c1-6-13-26-20-10-8-7-9-18(20)24-22(26)30-16(3)21(27)23-19-14-17(12-11-15(19)2)31(28,29)25(4)5/h6-12,14,16H,1,13H2,2-5H3,(H,23,27)/t16-/m1/s1. The molecule has 0 saturated carbocycles. The van der Waals surface area contributed by atoms with E-state index in [1.807, 2.05) is 35.8 Å². The van der Waals surface area contributed by atoms with Crippen LogP contribution >= 0.6 is 11.8 Å². The van der Waals surface area contributed by atoms with Crippen molar-refractivity contribution in [3.8, 4) is 0 Å². The van der Waals surface area contributed by atoms with Gasteiger partial charge in [-0.05, 0) is 43.7 Å². The number of allylic oxidation sites excluding steroid dienone is 1. The van der Waals surface area contributed by atoms with Gasteiger partial charge in [-0.25, -0.2) is 17.7 Å². The third-order valence-electron chi connectivity index (χ3n) is 4.83. The van der Waals surface area contributed by atoms with E-state index in [0.29, 0.717) is 12.2 Å². The summed E-state index contributed by atoms with van der Waals surface area (Å²) >= 11 is 1.35. The number of anilines is 1. The molecule has 1 aromatic heterocycles. The fourth-order valence-electron chi connectivity index (χ4n) is 3.00. The van der Waals surface area contributed by atoms with Crippen molar-refractivity contribution in [3.63, 3.8) is 0 Å². The molecule has 1 N–H and O–H groups in total. The van der Waals surface area contributed by atoms with Crippen molar-refractivity contribution in [1.29, 1.82) is 0 Å². The lowest BCUT2D eigenvalue weighted by atomic mass is 10.2. The molecular formula is C22H26N4O3S2. The Kier molecular flexibility index (Phi) is 6.88. The summed E-state index contributed by atoms with van der Waals surface area (Å²) in [7, 11) is -0.646. The molecule has 7 nitrogen and oxygen atoms in total. The second-order valence-corrected chi connectivity index (χ2v) is 10.8. The summed E-state index contributed by atoms with van der Waals surface area (Å²) in [5.74, 6) is -0.232. The molecule has 3 rings (SSSR count). The van der Waals surface area contributed by atoms with Gasteiger partial charge in [0, 0.05) is 26.3 Å². The second kappa shape index (κ2) is 9.25. The number of hydrogen-bond donors (Lipinski definition) is 1. The van der Waals surface area contributed by atoms with E-state index in [1.54, 1.807) is 19.1 Å². The van der Waals surface area contributed by atoms with E-state index in [4.69, 9.17) is 0 Å². The normalized spacial score (nSPS) is 12.8. The van der Waals surface area contributed by atoms with Crippen molar-refractivity contribution in [2.24, 2.45) is 0 Å². The molecule has 0 bridgehead atoms. The monoisotopic (exact) mass is 458 g/mol. The predicted molar refractivity (Wildman–Crippen MR) is 126 cm³/mol. The van der Waals surface area contributed by atoms with E-state index >= 15 is 0 Å². The Labute approximate surface area is 187 Å². The van der Waals surface area contributed by atoms with Gasteiger partial charge >= 0.3 is 0 Å². The van der Waals surface area contributed by atoms with Crippen molar-refractivity contribution in [2.75, 3.05) is 19.4 Å². The van der Waals surface area contributed by atoms with Gasteiger partial charge in [-0.1, -0.05) is 36.0 Å². The first kappa shape index (κ1) is 23.1. The number of benzene rings is 2. The molecule has 0 unspecified atom stereocenters. The van der Waals surface area contributed by atoms with Crippen molar-refractivity contribution < 1.29 is 13.2 Å². The van der Waals surface area contributed by atoms with Crippen LogP contribution in [0.2, 0.25) is 0 Å². The Morgan fingerprint density at radius 2 is 2.00 bits per heavy atom. The first-order chi connectivity index (χ1) is 14.6. The van der Waals surface area contributed by atoms with Crippen LogP contribution in [-0.4, -0.2) is 47.5 Å². The van der Waals surface area contributed by atoms with Crippen LogP contribution in [0.5, 0.6) is 0 Å². The number of fused-ring (bicyclic) bond motifs is 1. The molecule has 0 saturated heterocycles. The number of thioether (sulfide) groups is 1. The van der Waals surface area contributed by atoms with Crippen molar-refractivity contribution in [2.45, 2.75) is 35.7 Å². The molecule has 0 fully saturated rings. The molecule has 31 heavy (non-hydrogen) atoms. The summed E-state index contributed by atoms with van der Waals surface area (Å²) in [6.45, 7) is 8.02. The summed E-state index contributed by atoms with van der Waals surface area (Å²) in [6.07, 6.45) is 1.79. The summed E-state index contributed by atoms with van der Waals surface area (Å²) in [6, 6.07) is 12.5. The molecule has 0 aliphatic heterocycles. The molecule has 2 aromatic carbocycles. The van der Waals surface area contributed by atoms with E-state index in [0.717, 1.165) is 26.1 Å². The maximum absolute atomic E-state index is 12.9. The Balaban J connectivity index is 1.83. The number of carbonyl (C=O) groups excluding carboxylic acids is 1. The van der Waals surface area contributed by atoms with Gasteiger partial charge in [0.2, 0.25) is 15.9 Å². The quantitative estimate of drug-likeness (QED) is 0.409. The topological polar surface area (TPSA) is 84.3 Å². The van der Waals surface area contributed by atoms with Crippen molar-refractivity contribution in [3.05, 3.63) is 60.7 Å². The van der Waals surface area contributed by atoms with Gasteiger partial charge in [0.25, 0.3) is 0 Å². The van der Waals surface area contributed by atoms with Crippen LogP contribution in [0.4, 0.5) is 5.69 Å². The number of sulfonamides is 1. The van der Waals surface area contributed by atoms with Crippen molar-refractivity contribution >= 4 is 44.4 Å². The number of aromatic nitrogens is 2. The Bertz CT molecular complexity index is 1230. The fraction of sp³-hybridized carbons (Fsp3) is 0.273. The number of imidazole rings is 1. The smallest absolute Gasteiger partial charge is 0.242 e. The van der Waals surface area contributed by atoms with E-state index < -0.39 is 15.3 Å². The van der Waals surface area contributed by atoms with Gasteiger partial charge in [0.15, 0.2) is 5.16 Å². The van der Waals surface area contributed by atoms with E-state index in [9.17, 15) is 13.2 Å². The number of hydrogen-bond acceptors (Lipinski definition) is 5. The minimum Gasteiger partial charge on any atom is -0.325 e. The molecule has 1 heterocycles. The Morgan fingerprint density at radius 1 is 1.29 bits per heavy atom. The number of rotatable bonds is 8. The molecular weight excluding hydrogens is 432 g/mol. The van der Waals surface area contributed by atoms with E-state index in [1.165, 1.54) is 38.0 Å². The molecule has 3 aromatic rings. The molecule has 9 heteroatoms. The third-order valence-corrected chi connectivity index (χ3v) is 7.73. The van der Waals surface area contributed by atoms with Gasteiger partial charge < -0.3 is 9.88 Å².